The summed E-state index contributed by atoms with van der Waals surface area (Å²) in [5, 5.41) is 9.44. The Balaban J connectivity index is 1.90. The molecule has 1 saturated carbocycles. The van der Waals surface area contributed by atoms with E-state index in [0.29, 0.717) is 37.2 Å². The second-order valence-corrected chi connectivity index (χ2v) is 13.2. The quantitative estimate of drug-likeness (QED) is 0.377. The van der Waals surface area contributed by atoms with Gasteiger partial charge in [0.25, 0.3) is 5.91 Å². The highest BCUT2D eigenvalue weighted by atomic mass is 32.2. The molecule has 192 valence electrons. The van der Waals surface area contributed by atoms with Crippen LogP contribution in [-0.2, 0) is 24.7 Å². The molecule has 0 radical (unpaired) electrons. The highest BCUT2D eigenvalue weighted by Gasteiger charge is 2.50. The summed E-state index contributed by atoms with van der Waals surface area (Å²) in [7, 11) is -7.41. The molecule has 2 aromatic carbocycles. The Morgan fingerprint density at radius 2 is 1.43 bits per heavy atom. The van der Waals surface area contributed by atoms with Gasteiger partial charge in [-0.05, 0) is 67.3 Å². The van der Waals surface area contributed by atoms with Crippen molar-refractivity contribution < 1.29 is 31.6 Å². The number of hydrogen-bond acceptors (Lipinski definition) is 7. The molecule has 11 heteroatoms. The van der Waals surface area contributed by atoms with Crippen molar-refractivity contribution in [2.75, 3.05) is 12.8 Å². The van der Waals surface area contributed by atoms with Crippen molar-refractivity contribution in [3.63, 3.8) is 0 Å². The number of hydroxylamine groups is 1. The highest BCUT2D eigenvalue weighted by molar-refractivity contribution is 7.90. The van der Waals surface area contributed by atoms with Crippen molar-refractivity contribution in [2.24, 2.45) is 5.92 Å². The van der Waals surface area contributed by atoms with Crippen LogP contribution in [0.25, 0.3) is 0 Å². The number of hydrogen-bond donors (Lipinski definition) is 2. The van der Waals surface area contributed by atoms with Crippen molar-refractivity contribution in [3.8, 4) is 11.5 Å². The van der Waals surface area contributed by atoms with E-state index in [2.05, 4.69) is 0 Å². The van der Waals surface area contributed by atoms with E-state index in [1.54, 1.807) is 5.48 Å². The maximum atomic E-state index is 13.8. The van der Waals surface area contributed by atoms with E-state index in [9.17, 15) is 26.8 Å². The summed E-state index contributed by atoms with van der Waals surface area (Å²) >= 11 is 0. The van der Waals surface area contributed by atoms with E-state index in [1.165, 1.54) is 52.8 Å². The number of sulfone groups is 1. The molecule has 0 bridgehead atoms. The fourth-order valence-electron chi connectivity index (χ4n) is 4.36. The molecule has 0 spiro atoms. The maximum absolute atomic E-state index is 13.8. The topological polar surface area (TPSA) is 130 Å². The first-order valence-electron chi connectivity index (χ1n) is 11.5. The molecular weight excluding hydrogens is 492 g/mol. The predicted octanol–water partition coefficient (Wildman–Crippen LogP) is 3.74. The van der Waals surface area contributed by atoms with Gasteiger partial charge in [0.05, 0.1) is 9.79 Å². The number of sulfonamides is 1. The van der Waals surface area contributed by atoms with Gasteiger partial charge in [0.15, 0.2) is 9.84 Å². The molecule has 0 unspecified atom stereocenters. The number of carbonyl (C=O) groups excluding carboxylic acids is 1. The lowest BCUT2D eigenvalue weighted by molar-refractivity contribution is -0.141. The lowest BCUT2D eigenvalue weighted by atomic mass is 9.80. The molecule has 1 aliphatic rings. The first-order valence-corrected chi connectivity index (χ1v) is 14.8. The molecule has 3 rings (SSSR count). The molecule has 2 N–H and O–H groups in total. The Hall–Kier alpha value is -2.47. The van der Waals surface area contributed by atoms with Crippen LogP contribution in [0.5, 0.6) is 11.5 Å². The zero-order chi connectivity index (χ0) is 25.9. The average molecular weight is 525 g/mol. The molecule has 2 aromatic rings. The number of benzene rings is 2. The number of ether oxygens (including phenoxy) is 1. The molecule has 0 aromatic heterocycles. The van der Waals surface area contributed by atoms with Gasteiger partial charge in [-0.2, -0.15) is 4.31 Å². The second-order valence-electron chi connectivity index (χ2n) is 9.28. The van der Waals surface area contributed by atoms with Crippen LogP contribution >= 0.6 is 0 Å². The van der Waals surface area contributed by atoms with Gasteiger partial charge in [0.2, 0.25) is 10.0 Å². The third kappa shape index (κ3) is 6.03. The number of nitrogens with zero attached hydrogens (tertiary/aromatic N) is 1. The van der Waals surface area contributed by atoms with Crippen molar-refractivity contribution in [1.82, 2.24) is 9.79 Å². The van der Waals surface area contributed by atoms with Crippen LogP contribution in [0.1, 0.15) is 46.0 Å². The van der Waals surface area contributed by atoms with Gasteiger partial charge in [0.1, 0.15) is 17.0 Å². The van der Waals surface area contributed by atoms with Crippen LogP contribution in [0, 0.1) is 5.92 Å². The first-order chi connectivity index (χ1) is 16.4. The Kier molecular flexibility index (Phi) is 8.25. The second kappa shape index (κ2) is 10.7. The zero-order valence-electron chi connectivity index (χ0n) is 20.1. The fourth-order valence-corrected chi connectivity index (χ4v) is 6.95. The normalized spacial score (nSPS) is 16.3. The highest BCUT2D eigenvalue weighted by Crippen LogP contribution is 2.38. The van der Waals surface area contributed by atoms with E-state index >= 15 is 0 Å². The average Bonchev–Trinajstić information content (AvgIpc) is 2.82. The minimum absolute atomic E-state index is 0.00797. The van der Waals surface area contributed by atoms with Gasteiger partial charge in [0, 0.05) is 12.8 Å². The van der Waals surface area contributed by atoms with Gasteiger partial charge >= 0.3 is 0 Å². The lowest BCUT2D eigenvalue weighted by Gasteiger charge is -2.44. The van der Waals surface area contributed by atoms with Crippen LogP contribution in [0.3, 0.4) is 0 Å². The number of rotatable bonds is 9. The molecule has 0 atom stereocenters. The van der Waals surface area contributed by atoms with Crippen LogP contribution in [-0.4, -0.2) is 50.6 Å². The fraction of sp³-hybridized carbons (Fsp3) is 0.458. The standard InChI is InChI=1S/C24H32N2O7S2/c1-18(2)17-26(24(23(27)25-28)15-5-4-6-16-24)35(31,32)22-13-9-20(10-14-22)33-19-7-11-21(12-8-19)34(3,29)30/h7-14,18,28H,4-6,15-17H2,1-3H3,(H,25,27). The van der Waals surface area contributed by atoms with E-state index in [4.69, 9.17) is 4.74 Å². The van der Waals surface area contributed by atoms with Crippen LogP contribution in [0.15, 0.2) is 58.3 Å². The summed E-state index contributed by atoms with van der Waals surface area (Å²) in [6.07, 6.45) is 4.04. The Labute approximate surface area is 207 Å². The van der Waals surface area contributed by atoms with E-state index in [-0.39, 0.29) is 22.3 Å². The summed E-state index contributed by atoms with van der Waals surface area (Å²) in [6.45, 7) is 3.88. The molecule has 1 aliphatic carbocycles. The van der Waals surface area contributed by atoms with Crippen molar-refractivity contribution in [2.45, 2.75) is 61.3 Å². The summed E-state index contributed by atoms with van der Waals surface area (Å²) < 4.78 is 57.7. The molecule has 0 saturated heterocycles. The zero-order valence-corrected chi connectivity index (χ0v) is 21.7. The smallest absolute Gasteiger partial charge is 0.264 e. The lowest BCUT2D eigenvalue weighted by Crippen LogP contribution is -2.61. The summed E-state index contributed by atoms with van der Waals surface area (Å²) in [5.74, 6) is 0.00802. The third-order valence-electron chi connectivity index (χ3n) is 6.11. The Bertz CT molecular complexity index is 1230. The molecule has 0 aliphatic heterocycles. The summed E-state index contributed by atoms with van der Waals surface area (Å²) in [4.78, 5) is 13.0. The van der Waals surface area contributed by atoms with Crippen LogP contribution in [0.2, 0.25) is 0 Å². The van der Waals surface area contributed by atoms with E-state index in [0.717, 1.165) is 12.7 Å². The number of nitrogens with one attached hydrogen (secondary N) is 1. The molecule has 1 amide bonds. The Morgan fingerprint density at radius 3 is 1.86 bits per heavy atom. The summed E-state index contributed by atoms with van der Waals surface area (Å²) in [5.41, 5.74) is 0.345. The molecule has 9 nitrogen and oxygen atoms in total. The van der Waals surface area contributed by atoms with E-state index < -0.39 is 31.3 Å². The predicted molar refractivity (Wildman–Crippen MR) is 131 cm³/mol. The minimum Gasteiger partial charge on any atom is -0.457 e. The van der Waals surface area contributed by atoms with Crippen molar-refractivity contribution in [3.05, 3.63) is 48.5 Å². The molecular formula is C24H32N2O7S2. The maximum Gasteiger partial charge on any atom is 0.264 e. The largest absolute Gasteiger partial charge is 0.457 e. The van der Waals surface area contributed by atoms with E-state index in [1.807, 2.05) is 13.8 Å². The van der Waals surface area contributed by atoms with Crippen LogP contribution < -0.4 is 10.2 Å². The summed E-state index contributed by atoms with van der Waals surface area (Å²) in [6, 6.07) is 11.7. The molecule has 0 heterocycles. The molecule has 1 fully saturated rings. The number of amides is 1. The minimum atomic E-state index is -4.08. The first kappa shape index (κ1) is 27.1. The number of carbonyl (C=O) groups is 1. The van der Waals surface area contributed by atoms with Gasteiger partial charge in [-0.1, -0.05) is 33.1 Å². The van der Waals surface area contributed by atoms with Crippen LogP contribution in [0.4, 0.5) is 0 Å². The third-order valence-corrected chi connectivity index (χ3v) is 9.19. The van der Waals surface area contributed by atoms with Gasteiger partial charge in [-0.15, -0.1) is 0 Å². The van der Waals surface area contributed by atoms with Crippen molar-refractivity contribution >= 4 is 25.8 Å². The van der Waals surface area contributed by atoms with Gasteiger partial charge in [-0.3, -0.25) is 10.0 Å². The van der Waals surface area contributed by atoms with Gasteiger partial charge in [-0.25, -0.2) is 22.3 Å². The monoisotopic (exact) mass is 524 g/mol. The SMILES string of the molecule is CC(C)CN(C1(C(=O)NO)CCCCC1)S(=O)(=O)c1ccc(Oc2ccc(S(C)(=O)=O)cc2)cc1. The molecule has 35 heavy (non-hydrogen) atoms. The van der Waals surface area contributed by atoms with Crippen molar-refractivity contribution in [1.29, 1.82) is 0 Å². The van der Waals surface area contributed by atoms with Gasteiger partial charge < -0.3 is 4.74 Å². The Morgan fingerprint density at radius 1 is 0.943 bits per heavy atom.